The predicted molar refractivity (Wildman–Crippen MR) is 108 cm³/mol. The lowest BCUT2D eigenvalue weighted by Crippen LogP contribution is -2.57. The molecule has 0 bridgehead atoms. The Balaban J connectivity index is 0.00000196. The Morgan fingerprint density at radius 2 is 1.96 bits per heavy atom. The van der Waals surface area contributed by atoms with Crippen molar-refractivity contribution in [2.75, 3.05) is 25.4 Å². The van der Waals surface area contributed by atoms with Crippen LogP contribution >= 0.6 is 12.4 Å². The first kappa shape index (κ1) is 20.1. The monoisotopic (exact) mass is 398 g/mol. The molecule has 0 aliphatic carbocycles. The Kier molecular flexibility index (Phi) is 6.02. The molecule has 2 saturated heterocycles. The third kappa shape index (κ3) is 3.68. The van der Waals surface area contributed by atoms with Crippen molar-refractivity contribution in [2.45, 2.75) is 51.6 Å². The predicted octanol–water partition coefficient (Wildman–Crippen LogP) is 3.48. The van der Waals surface area contributed by atoms with E-state index in [0.717, 1.165) is 32.4 Å². The van der Waals surface area contributed by atoms with Gasteiger partial charge in [0.15, 0.2) is 0 Å². The van der Waals surface area contributed by atoms with Crippen molar-refractivity contribution in [3.8, 4) is 0 Å². The van der Waals surface area contributed by atoms with Gasteiger partial charge in [-0.2, -0.15) is 4.31 Å². The second-order valence-electron chi connectivity index (χ2n) is 8.45. The second kappa shape index (κ2) is 7.78. The van der Waals surface area contributed by atoms with E-state index in [1.54, 1.807) is 0 Å². The number of piperidine rings is 2. The van der Waals surface area contributed by atoms with E-state index in [-0.39, 0.29) is 30.1 Å². The van der Waals surface area contributed by atoms with E-state index in [4.69, 9.17) is 0 Å². The Labute approximate surface area is 164 Å². The SMILES string of the molecule is CC(C)CS(=O)(=O)N1CCC[C@@H]2CN3CCc4ccccc4[C@H]3C[C@@H]21.Cl. The number of hydrogen-bond acceptors (Lipinski definition) is 3. The van der Waals surface area contributed by atoms with Gasteiger partial charge in [-0.15, -0.1) is 12.4 Å². The molecule has 26 heavy (non-hydrogen) atoms. The first-order valence-electron chi connectivity index (χ1n) is 9.77. The molecular formula is C20H31ClN2O2S. The van der Waals surface area contributed by atoms with Gasteiger partial charge in [-0.25, -0.2) is 8.42 Å². The smallest absolute Gasteiger partial charge is 0.214 e. The molecule has 0 spiro atoms. The molecule has 1 aromatic rings. The van der Waals surface area contributed by atoms with Crippen molar-refractivity contribution in [2.24, 2.45) is 11.8 Å². The molecule has 0 saturated carbocycles. The summed E-state index contributed by atoms with van der Waals surface area (Å²) in [6.45, 7) is 6.88. The summed E-state index contributed by atoms with van der Waals surface area (Å²) >= 11 is 0. The third-order valence-corrected chi connectivity index (χ3v) is 8.48. The van der Waals surface area contributed by atoms with Crippen LogP contribution in [0.4, 0.5) is 0 Å². The van der Waals surface area contributed by atoms with E-state index < -0.39 is 10.0 Å². The lowest BCUT2D eigenvalue weighted by atomic mass is 9.77. The minimum Gasteiger partial charge on any atom is -0.296 e. The summed E-state index contributed by atoms with van der Waals surface area (Å²) in [5, 5.41) is 0. The van der Waals surface area contributed by atoms with Crippen LogP contribution in [0.25, 0.3) is 0 Å². The van der Waals surface area contributed by atoms with E-state index in [1.165, 1.54) is 17.5 Å². The Morgan fingerprint density at radius 1 is 1.19 bits per heavy atom. The number of halogens is 1. The van der Waals surface area contributed by atoms with Crippen LogP contribution in [-0.4, -0.2) is 49.1 Å². The molecular weight excluding hydrogens is 368 g/mol. The van der Waals surface area contributed by atoms with E-state index >= 15 is 0 Å². The van der Waals surface area contributed by atoms with Crippen LogP contribution in [0.5, 0.6) is 0 Å². The maximum Gasteiger partial charge on any atom is 0.214 e. The average molecular weight is 399 g/mol. The van der Waals surface area contributed by atoms with E-state index in [0.29, 0.717) is 18.5 Å². The Hall–Kier alpha value is -0.620. The Bertz CT molecular complexity index is 737. The molecule has 3 aliphatic rings. The van der Waals surface area contributed by atoms with Crippen molar-refractivity contribution in [3.63, 3.8) is 0 Å². The standard InChI is InChI=1S/C20H30N2O2S.ClH/c1-15(2)14-25(23,24)22-10-5-7-17-13-21-11-9-16-6-3-4-8-18(16)20(21)12-19(17)22;/h3-4,6,8,15,17,19-20H,5,7,9-14H2,1-2H3;1H/t17-,19+,20-;/m1./s1. The van der Waals surface area contributed by atoms with Gasteiger partial charge in [0, 0.05) is 31.7 Å². The van der Waals surface area contributed by atoms with Crippen molar-refractivity contribution in [1.29, 1.82) is 0 Å². The second-order valence-corrected chi connectivity index (χ2v) is 10.4. The molecule has 4 rings (SSSR count). The zero-order valence-electron chi connectivity index (χ0n) is 15.8. The van der Waals surface area contributed by atoms with Crippen molar-refractivity contribution in [1.82, 2.24) is 9.21 Å². The first-order chi connectivity index (χ1) is 12.0. The lowest BCUT2D eigenvalue weighted by molar-refractivity contribution is 0.0219. The number of benzene rings is 1. The highest BCUT2D eigenvalue weighted by atomic mass is 35.5. The molecule has 146 valence electrons. The fourth-order valence-electron chi connectivity index (χ4n) is 5.22. The molecule has 0 N–H and O–H groups in total. The topological polar surface area (TPSA) is 40.6 Å². The first-order valence-corrected chi connectivity index (χ1v) is 11.4. The number of rotatable bonds is 3. The van der Waals surface area contributed by atoms with Crippen LogP contribution in [0, 0.1) is 11.8 Å². The minimum absolute atomic E-state index is 0. The molecule has 1 aromatic carbocycles. The zero-order valence-corrected chi connectivity index (χ0v) is 17.4. The molecule has 6 heteroatoms. The van der Waals surface area contributed by atoms with Crippen LogP contribution in [0.1, 0.15) is 50.3 Å². The maximum atomic E-state index is 13.0. The Morgan fingerprint density at radius 3 is 2.73 bits per heavy atom. The van der Waals surface area contributed by atoms with Gasteiger partial charge in [0.2, 0.25) is 10.0 Å². The van der Waals surface area contributed by atoms with E-state index in [9.17, 15) is 8.42 Å². The summed E-state index contributed by atoms with van der Waals surface area (Å²) in [6, 6.07) is 9.32. The molecule has 2 fully saturated rings. The van der Waals surface area contributed by atoms with Crippen molar-refractivity contribution in [3.05, 3.63) is 35.4 Å². The maximum absolute atomic E-state index is 13.0. The van der Waals surface area contributed by atoms with Crippen LogP contribution < -0.4 is 0 Å². The number of nitrogens with zero attached hydrogens (tertiary/aromatic N) is 2. The van der Waals surface area contributed by atoms with E-state index in [1.807, 2.05) is 18.2 Å². The van der Waals surface area contributed by atoms with Gasteiger partial charge in [0.25, 0.3) is 0 Å². The van der Waals surface area contributed by atoms with Crippen LogP contribution in [-0.2, 0) is 16.4 Å². The highest BCUT2D eigenvalue weighted by molar-refractivity contribution is 7.89. The fourth-order valence-corrected chi connectivity index (χ4v) is 7.33. The van der Waals surface area contributed by atoms with Gasteiger partial charge < -0.3 is 0 Å². The highest BCUT2D eigenvalue weighted by Gasteiger charge is 2.45. The van der Waals surface area contributed by atoms with Crippen molar-refractivity contribution < 1.29 is 8.42 Å². The molecule has 3 atom stereocenters. The number of hydrogen-bond donors (Lipinski definition) is 0. The van der Waals surface area contributed by atoms with Gasteiger partial charge in [0.05, 0.1) is 5.75 Å². The van der Waals surface area contributed by atoms with Crippen LogP contribution in [0.3, 0.4) is 0 Å². The summed E-state index contributed by atoms with van der Waals surface area (Å²) in [6.07, 6.45) is 4.26. The average Bonchev–Trinajstić information content (AvgIpc) is 2.58. The minimum atomic E-state index is -3.15. The third-order valence-electron chi connectivity index (χ3n) is 6.23. The molecule has 0 amide bonds. The lowest BCUT2D eigenvalue weighted by Gasteiger charge is -2.51. The van der Waals surface area contributed by atoms with Gasteiger partial charge in [-0.05, 0) is 48.6 Å². The van der Waals surface area contributed by atoms with Gasteiger partial charge >= 0.3 is 0 Å². The quantitative estimate of drug-likeness (QED) is 0.782. The van der Waals surface area contributed by atoms with E-state index in [2.05, 4.69) is 29.2 Å². The summed E-state index contributed by atoms with van der Waals surface area (Å²) in [7, 11) is -3.15. The fraction of sp³-hybridized carbons (Fsp3) is 0.700. The molecule has 4 nitrogen and oxygen atoms in total. The highest BCUT2D eigenvalue weighted by Crippen LogP contribution is 2.43. The van der Waals surface area contributed by atoms with Crippen LogP contribution in [0.2, 0.25) is 0 Å². The summed E-state index contributed by atoms with van der Waals surface area (Å²) in [4.78, 5) is 2.61. The summed E-state index contributed by atoms with van der Waals surface area (Å²) in [5.74, 6) is 0.958. The normalized spacial score (nSPS) is 29.4. The molecule has 3 aliphatic heterocycles. The summed E-state index contributed by atoms with van der Waals surface area (Å²) in [5.41, 5.74) is 2.88. The number of sulfonamides is 1. The van der Waals surface area contributed by atoms with Crippen molar-refractivity contribution >= 4 is 22.4 Å². The van der Waals surface area contributed by atoms with Gasteiger partial charge in [0.1, 0.15) is 0 Å². The molecule has 0 unspecified atom stereocenters. The molecule has 0 aromatic heterocycles. The molecule has 0 radical (unpaired) electrons. The molecule has 3 heterocycles. The van der Waals surface area contributed by atoms with Gasteiger partial charge in [-0.3, -0.25) is 4.90 Å². The largest absolute Gasteiger partial charge is 0.296 e. The van der Waals surface area contributed by atoms with Gasteiger partial charge in [-0.1, -0.05) is 38.1 Å². The van der Waals surface area contributed by atoms with Crippen LogP contribution in [0.15, 0.2) is 24.3 Å². The summed E-state index contributed by atoms with van der Waals surface area (Å²) < 4.78 is 27.8. The number of fused-ring (bicyclic) bond motifs is 4. The zero-order chi connectivity index (χ0) is 17.6.